The van der Waals surface area contributed by atoms with E-state index >= 15 is 0 Å². The van der Waals surface area contributed by atoms with Gasteiger partial charge in [-0.25, -0.2) is 18.4 Å². The van der Waals surface area contributed by atoms with Crippen LogP contribution in [-0.2, 0) is 22.6 Å². The number of nitrogen functional groups attached to an aromatic ring is 2. The Kier molecular flexibility index (Phi) is 25.1. The molecule has 6 heterocycles. The minimum absolute atomic E-state index is 0. The Morgan fingerprint density at radius 1 is 0.617 bits per heavy atom. The van der Waals surface area contributed by atoms with Gasteiger partial charge < -0.3 is 45.7 Å². The molecule has 0 aliphatic rings. The Morgan fingerprint density at radius 3 is 1.47 bits per heavy atom. The summed E-state index contributed by atoms with van der Waals surface area (Å²) < 4.78 is 71.1. The summed E-state index contributed by atoms with van der Waals surface area (Å²) in [4.78, 5) is 48.1. The van der Waals surface area contributed by atoms with Crippen LogP contribution in [0, 0.1) is 23.3 Å². The largest absolute Gasteiger partial charge is 1.00 e. The average molecular weight is 1200 g/mol. The van der Waals surface area contributed by atoms with Crippen molar-refractivity contribution < 1.29 is 103 Å². The molecule has 0 saturated heterocycles. The maximum atomic E-state index is 14.3. The SMILES string of the molecule is CC(C)(C)[O-].CCCN(Cc1ccc(-c2cc3nccc(Cl)c3s2)nc1)C(=O)OC(C)(C)C.CCCN(Cc1ccc(-c2cc3nccc(Oc4ccc(N)c(F)c4F)c3s2)nc1)C(=O)OC(C)(C)C.Nc1ccc(O)c(F)c1F.[K+]. The van der Waals surface area contributed by atoms with Crippen LogP contribution in [0.2, 0.25) is 5.02 Å². The molecule has 2 amide bonds. The number of rotatable bonds is 12. The fourth-order valence-corrected chi connectivity index (χ4v) is 9.19. The van der Waals surface area contributed by atoms with Gasteiger partial charge >= 0.3 is 63.6 Å². The predicted molar refractivity (Wildman–Crippen MR) is 308 cm³/mol. The molecule has 0 spiro atoms. The van der Waals surface area contributed by atoms with Crippen molar-refractivity contribution in [2.24, 2.45) is 0 Å². The average Bonchev–Trinajstić information content (AvgIpc) is 4.20. The van der Waals surface area contributed by atoms with Gasteiger partial charge in [0, 0.05) is 43.9 Å². The number of pyridine rings is 4. The number of aromatic hydroxyl groups is 1. The normalized spacial score (nSPS) is 11.2. The topological polar surface area (TPSA) is 215 Å². The van der Waals surface area contributed by atoms with E-state index in [-0.39, 0.29) is 80.7 Å². The van der Waals surface area contributed by atoms with Crippen molar-refractivity contribution in [3.63, 3.8) is 0 Å². The third-order valence-corrected chi connectivity index (χ3v) is 13.1. The predicted octanol–water partition coefficient (Wildman–Crippen LogP) is 11.7. The number of halogens is 5. The Bertz CT molecular complexity index is 3340. The summed E-state index contributed by atoms with van der Waals surface area (Å²) in [6.07, 6.45) is 7.78. The number of carbonyl (C=O) groups excluding carboxylic acids is 2. The Hall–Kier alpha value is -5.69. The van der Waals surface area contributed by atoms with Crippen molar-refractivity contribution in [3.05, 3.63) is 137 Å². The van der Waals surface area contributed by atoms with E-state index in [1.54, 1.807) is 66.4 Å². The van der Waals surface area contributed by atoms with Crippen LogP contribution in [0.5, 0.6) is 17.2 Å². The molecule has 0 radical (unpaired) electrons. The Labute approximate surface area is 525 Å². The van der Waals surface area contributed by atoms with Crippen LogP contribution in [0.25, 0.3) is 41.6 Å². The van der Waals surface area contributed by atoms with E-state index in [0.717, 1.165) is 61.8 Å². The van der Waals surface area contributed by atoms with Crippen molar-refractivity contribution in [3.8, 4) is 38.4 Å². The molecule has 0 unspecified atom stereocenters. The van der Waals surface area contributed by atoms with Crippen LogP contribution in [0.3, 0.4) is 0 Å². The number of phenols is 1. The number of thiophene rings is 2. The van der Waals surface area contributed by atoms with E-state index in [1.807, 2.05) is 98.0 Å². The third-order valence-electron chi connectivity index (χ3n) is 10.3. The summed E-state index contributed by atoms with van der Waals surface area (Å²) >= 11 is 9.19. The molecule has 23 heteroatoms. The van der Waals surface area contributed by atoms with Gasteiger partial charge in [-0.2, -0.15) is 8.78 Å². The maximum Gasteiger partial charge on any atom is 1.00 e. The molecule has 0 aliphatic carbocycles. The first kappa shape index (κ1) is 67.8. The fraction of sp³-hybridized carbons (Fsp3) is 0.345. The van der Waals surface area contributed by atoms with Crippen molar-refractivity contribution >= 4 is 78.3 Å². The summed E-state index contributed by atoms with van der Waals surface area (Å²) in [5.41, 5.74) is 12.9. The number of ether oxygens (including phenoxy) is 3. The number of carbonyl (C=O) groups is 2. The number of amides is 2. The van der Waals surface area contributed by atoms with Crippen molar-refractivity contribution in [1.29, 1.82) is 0 Å². The van der Waals surface area contributed by atoms with Crippen LogP contribution in [0.4, 0.5) is 38.5 Å². The first-order chi connectivity index (χ1) is 37.4. The Balaban J connectivity index is 0.000000280. The number of nitrogens with zero attached hydrogens (tertiary/aromatic N) is 6. The standard InChI is InChI=1S/C27H28F2N4O3S.C21H24ClN3O2S.C6H5F2NO.C4H9O.K/c1-5-12-33(26(34)36-27(2,3)4)15-16-6-8-18(32-14-16)22-13-19-25(37-22)21(10-11-31-19)35-20-9-7-17(30)23(28)24(20)29;1-5-10-25(20(26)27-21(2,3)4)13-14-6-7-16(24-12-14)18-11-17-19(28-18)15(22)8-9-23-17;7-5-3(9)1-2-4(10)6(5)8;1-4(2,3)5;/h6-11,13-14H,5,12,15,30H2,1-4H3;6-9,11-12H,5,10,13H2,1-4H3;1-2,10H,9H2;1-3H3;/q;;;-1;+1. The number of benzene rings is 2. The summed E-state index contributed by atoms with van der Waals surface area (Å²) in [5, 5.41) is 19.4. The van der Waals surface area contributed by atoms with Crippen molar-refractivity contribution in [2.45, 2.75) is 119 Å². The molecule has 5 N–H and O–H groups in total. The van der Waals surface area contributed by atoms with E-state index in [9.17, 15) is 32.3 Å². The van der Waals surface area contributed by atoms with Gasteiger partial charge in [0.2, 0.25) is 11.6 Å². The zero-order chi connectivity index (χ0) is 59.3. The van der Waals surface area contributed by atoms with Crippen LogP contribution in [-0.4, -0.2) is 76.9 Å². The molecule has 8 rings (SSSR count). The molecule has 81 heavy (non-hydrogen) atoms. The van der Waals surface area contributed by atoms with Gasteiger partial charge in [0.05, 0.1) is 71.1 Å². The van der Waals surface area contributed by atoms with E-state index in [0.29, 0.717) is 52.9 Å². The van der Waals surface area contributed by atoms with Crippen LogP contribution in [0.1, 0.15) is 100 Å². The van der Waals surface area contributed by atoms with Gasteiger partial charge in [-0.1, -0.05) is 58.4 Å². The zero-order valence-corrected chi connectivity index (χ0v) is 52.9. The summed E-state index contributed by atoms with van der Waals surface area (Å²) in [6, 6.07) is 19.6. The molecule has 6 aromatic heterocycles. The molecule has 0 aliphatic heterocycles. The van der Waals surface area contributed by atoms with Gasteiger partial charge in [0.1, 0.15) is 17.0 Å². The number of hydrogen-bond acceptors (Lipinski definition) is 15. The second-order valence-corrected chi connectivity index (χ2v) is 23.5. The molecular weight excluding hydrogens is 1140 g/mol. The number of phenolic OH excluding ortho intramolecular Hbond substituents is 1. The van der Waals surface area contributed by atoms with Crippen LogP contribution >= 0.6 is 34.3 Å². The molecule has 15 nitrogen and oxygen atoms in total. The molecule has 0 saturated carbocycles. The zero-order valence-electron chi connectivity index (χ0n) is 47.4. The molecule has 2 aromatic carbocycles. The summed E-state index contributed by atoms with van der Waals surface area (Å²) in [5.74, 6) is -5.47. The number of fused-ring (bicyclic) bond motifs is 2. The van der Waals surface area contributed by atoms with E-state index in [4.69, 9.17) is 42.4 Å². The summed E-state index contributed by atoms with van der Waals surface area (Å²) in [7, 11) is 0. The number of aromatic nitrogens is 4. The smallest absolute Gasteiger partial charge is 0.850 e. The minimum Gasteiger partial charge on any atom is -0.850 e. The van der Waals surface area contributed by atoms with E-state index < -0.39 is 45.8 Å². The molecule has 0 fully saturated rings. The van der Waals surface area contributed by atoms with E-state index in [2.05, 4.69) is 19.9 Å². The first-order valence-corrected chi connectivity index (χ1v) is 27.3. The van der Waals surface area contributed by atoms with Gasteiger partial charge in [-0.05, 0) is 120 Å². The number of nitrogens with two attached hydrogens (primary N) is 2. The maximum absolute atomic E-state index is 14.3. The molecule has 428 valence electrons. The molecular formula is C58H66ClF4KN8O7S2. The number of hydrogen-bond donors (Lipinski definition) is 3. The van der Waals surface area contributed by atoms with Gasteiger partial charge in [-0.15, -0.1) is 28.3 Å². The van der Waals surface area contributed by atoms with Crippen LogP contribution in [0.15, 0.2) is 97.6 Å². The van der Waals surface area contributed by atoms with Gasteiger partial charge in [0.25, 0.3) is 0 Å². The van der Waals surface area contributed by atoms with Crippen molar-refractivity contribution in [1.82, 2.24) is 29.7 Å². The van der Waals surface area contributed by atoms with E-state index in [1.165, 1.54) is 29.7 Å². The monoisotopic (exact) mass is 1200 g/mol. The van der Waals surface area contributed by atoms with Crippen LogP contribution < -0.4 is 72.7 Å². The Morgan fingerprint density at radius 2 is 1.05 bits per heavy atom. The minimum atomic E-state index is -1.31. The second-order valence-electron chi connectivity index (χ2n) is 21.0. The first-order valence-electron chi connectivity index (χ1n) is 25.3. The van der Waals surface area contributed by atoms with Crippen molar-refractivity contribution in [2.75, 3.05) is 24.6 Å². The molecule has 0 bridgehead atoms. The van der Waals surface area contributed by atoms with Gasteiger partial charge in [0.15, 0.2) is 23.1 Å². The quantitative estimate of drug-likeness (QED) is 0.0450. The van der Waals surface area contributed by atoms with Gasteiger partial charge in [-0.3, -0.25) is 19.9 Å². The summed E-state index contributed by atoms with van der Waals surface area (Å²) in [6.45, 7) is 22.1. The number of anilines is 2. The third kappa shape index (κ3) is 20.9. The second kappa shape index (κ2) is 30.0. The fourth-order valence-electron chi connectivity index (χ4n) is 6.88. The molecule has 0 atom stereocenters. The molecule has 8 aromatic rings.